The Labute approximate surface area is 189 Å². The summed E-state index contributed by atoms with van der Waals surface area (Å²) in [5.74, 6) is -0.722. The molecular formula is C25H30NO5P. The standard InChI is InChI=1S/C25H30NO5P/c1-3-17-30-32(28,31-18-4-2)25(21-12-6-5-7-13-21)26-24(27)19-29-23-16-10-14-20-11-8-9-15-22(20)23/h5-16,25H,3-4,17-19H2,1-2H3,(H,26,27)/t25-/m0/s1. The van der Waals surface area contributed by atoms with E-state index in [4.69, 9.17) is 13.8 Å². The van der Waals surface area contributed by atoms with Gasteiger partial charge in [-0.25, -0.2) is 0 Å². The first-order valence-electron chi connectivity index (χ1n) is 10.9. The van der Waals surface area contributed by atoms with Gasteiger partial charge in [0.05, 0.1) is 13.2 Å². The highest BCUT2D eigenvalue weighted by Gasteiger charge is 2.38. The van der Waals surface area contributed by atoms with Crippen LogP contribution in [0.25, 0.3) is 10.8 Å². The first kappa shape index (κ1) is 24.0. The van der Waals surface area contributed by atoms with Gasteiger partial charge < -0.3 is 19.1 Å². The SMILES string of the molecule is CCCOP(=O)(OCCC)[C@H](NC(=O)COc1cccc2ccccc12)c1ccccc1. The van der Waals surface area contributed by atoms with Gasteiger partial charge in [-0.1, -0.05) is 80.6 Å². The Morgan fingerprint density at radius 3 is 2.19 bits per heavy atom. The zero-order valence-corrected chi connectivity index (χ0v) is 19.4. The van der Waals surface area contributed by atoms with Crippen molar-refractivity contribution in [3.05, 3.63) is 78.4 Å². The molecule has 6 nitrogen and oxygen atoms in total. The number of fused-ring (bicyclic) bond motifs is 1. The second-order valence-corrected chi connectivity index (χ2v) is 9.47. The van der Waals surface area contributed by atoms with Gasteiger partial charge in [0.1, 0.15) is 5.75 Å². The molecule has 0 unspecified atom stereocenters. The summed E-state index contributed by atoms with van der Waals surface area (Å²) in [5, 5.41) is 4.78. The number of benzene rings is 3. The first-order valence-corrected chi connectivity index (χ1v) is 12.5. The number of carbonyl (C=O) groups excluding carboxylic acids is 1. The lowest BCUT2D eigenvalue weighted by Gasteiger charge is -2.28. The fraction of sp³-hybridized carbons (Fsp3) is 0.320. The van der Waals surface area contributed by atoms with Crippen LogP contribution >= 0.6 is 7.60 Å². The largest absolute Gasteiger partial charge is 0.483 e. The Kier molecular flexibility index (Phi) is 8.86. The second kappa shape index (κ2) is 11.8. The van der Waals surface area contributed by atoms with Crippen molar-refractivity contribution in [2.24, 2.45) is 0 Å². The van der Waals surface area contributed by atoms with E-state index in [1.165, 1.54) is 0 Å². The molecule has 0 heterocycles. The molecule has 1 atom stereocenters. The van der Waals surface area contributed by atoms with E-state index in [9.17, 15) is 9.36 Å². The summed E-state index contributed by atoms with van der Waals surface area (Å²) in [4.78, 5) is 12.9. The summed E-state index contributed by atoms with van der Waals surface area (Å²) >= 11 is 0. The average molecular weight is 455 g/mol. The molecule has 0 bridgehead atoms. The highest BCUT2D eigenvalue weighted by atomic mass is 31.2. The van der Waals surface area contributed by atoms with Crippen molar-refractivity contribution < 1.29 is 23.1 Å². The Hall–Kier alpha value is -2.66. The zero-order chi connectivity index (χ0) is 22.8. The van der Waals surface area contributed by atoms with Crippen molar-refractivity contribution in [2.75, 3.05) is 19.8 Å². The molecule has 3 aromatic rings. The van der Waals surface area contributed by atoms with Gasteiger partial charge >= 0.3 is 7.60 Å². The minimum atomic E-state index is -3.66. The van der Waals surface area contributed by atoms with E-state index >= 15 is 0 Å². The Morgan fingerprint density at radius 1 is 0.875 bits per heavy atom. The van der Waals surface area contributed by atoms with Crippen LogP contribution in [0.5, 0.6) is 5.75 Å². The molecule has 0 aliphatic heterocycles. The van der Waals surface area contributed by atoms with Gasteiger partial charge in [0.25, 0.3) is 5.91 Å². The number of carbonyl (C=O) groups is 1. The minimum absolute atomic E-state index is 0.223. The number of hydrogen-bond donors (Lipinski definition) is 1. The maximum atomic E-state index is 13.7. The molecule has 0 radical (unpaired) electrons. The molecule has 0 fully saturated rings. The van der Waals surface area contributed by atoms with Crippen molar-refractivity contribution >= 4 is 24.3 Å². The van der Waals surface area contributed by atoms with Crippen molar-refractivity contribution in [3.63, 3.8) is 0 Å². The molecule has 0 saturated heterocycles. The van der Waals surface area contributed by atoms with Crippen LogP contribution < -0.4 is 10.1 Å². The van der Waals surface area contributed by atoms with E-state index in [0.29, 0.717) is 24.2 Å². The zero-order valence-electron chi connectivity index (χ0n) is 18.5. The highest BCUT2D eigenvalue weighted by Crippen LogP contribution is 2.59. The molecule has 1 amide bonds. The third-order valence-corrected chi connectivity index (χ3v) is 6.93. The summed E-state index contributed by atoms with van der Waals surface area (Å²) in [5.41, 5.74) is 0.654. The van der Waals surface area contributed by atoms with Gasteiger partial charge in [-0.05, 0) is 29.9 Å². The lowest BCUT2D eigenvalue weighted by molar-refractivity contribution is -0.123. The summed E-state index contributed by atoms with van der Waals surface area (Å²) < 4.78 is 30.9. The molecule has 170 valence electrons. The highest BCUT2D eigenvalue weighted by molar-refractivity contribution is 7.54. The molecule has 7 heteroatoms. The number of nitrogens with one attached hydrogen (secondary N) is 1. The average Bonchev–Trinajstić information content (AvgIpc) is 2.84. The predicted octanol–water partition coefficient (Wildman–Crippen LogP) is 6.08. The fourth-order valence-electron chi connectivity index (χ4n) is 3.26. The van der Waals surface area contributed by atoms with Crippen LogP contribution in [0.3, 0.4) is 0 Å². The Morgan fingerprint density at radius 2 is 1.50 bits per heavy atom. The van der Waals surface area contributed by atoms with Crippen molar-refractivity contribution in [1.82, 2.24) is 5.32 Å². The third-order valence-electron chi connectivity index (χ3n) is 4.79. The second-order valence-electron chi connectivity index (χ2n) is 7.35. The van der Waals surface area contributed by atoms with Crippen molar-refractivity contribution in [2.45, 2.75) is 32.5 Å². The van der Waals surface area contributed by atoms with Crippen LogP contribution in [0.4, 0.5) is 0 Å². The normalized spacial score (nSPS) is 12.4. The lowest BCUT2D eigenvalue weighted by Crippen LogP contribution is -2.33. The first-order chi connectivity index (χ1) is 15.6. The van der Waals surface area contributed by atoms with Gasteiger partial charge in [0.2, 0.25) is 0 Å². The number of amides is 1. The van der Waals surface area contributed by atoms with Crippen molar-refractivity contribution in [1.29, 1.82) is 0 Å². The minimum Gasteiger partial charge on any atom is -0.483 e. The Bertz CT molecular complexity index is 1040. The van der Waals surface area contributed by atoms with Crippen LogP contribution in [-0.4, -0.2) is 25.7 Å². The Balaban J connectivity index is 1.79. The molecule has 0 saturated carbocycles. The summed E-state index contributed by atoms with van der Waals surface area (Å²) in [6.45, 7) is 4.18. The van der Waals surface area contributed by atoms with Crippen molar-refractivity contribution in [3.8, 4) is 5.75 Å². The van der Waals surface area contributed by atoms with Crippen LogP contribution in [0.1, 0.15) is 38.0 Å². The molecule has 3 rings (SSSR count). The maximum Gasteiger partial charge on any atom is 0.357 e. The predicted molar refractivity (Wildman–Crippen MR) is 127 cm³/mol. The van der Waals surface area contributed by atoms with Gasteiger partial charge in [-0.3, -0.25) is 9.36 Å². The quantitative estimate of drug-likeness (QED) is 0.335. The van der Waals surface area contributed by atoms with E-state index in [0.717, 1.165) is 10.8 Å². The molecule has 3 aromatic carbocycles. The topological polar surface area (TPSA) is 73.9 Å². The molecule has 0 aliphatic rings. The van der Waals surface area contributed by atoms with Gasteiger partial charge in [-0.2, -0.15) is 0 Å². The monoisotopic (exact) mass is 455 g/mol. The smallest absolute Gasteiger partial charge is 0.357 e. The van der Waals surface area contributed by atoms with Crippen LogP contribution in [0.2, 0.25) is 0 Å². The van der Waals surface area contributed by atoms with E-state index in [-0.39, 0.29) is 19.8 Å². The van der Waals surface area contributed by atoms with Gasteiger partial charge in [0, 0.05) is 5.39 Å². The molecular weight excluding hydrogens is 425 g/mol. The van der Waals surface area contributed by atoms with E-state index in [1.54, 1.807) is 12.1 Å². The maximum absolute atomic E-state index is 13.7. The van der Waals surface area contributed by atoms with Crippen LogP contribution in [0.15, 0.2) is 72.8 Å². The molecule has 0 spiro atoms. The fourth-order valence-corrected chi connectivity index (χ4v) is 5.35. The van der Waals surface area contributed by atoms with Gasteiger partial charge in [0.15, 0.2) is 12.4 Å². The van der Waals surface area contributed by atoms with Crippen LogP contribution in [0, 0.1) is 0 Å². The summed E-state index contributed by atoms with van der Waals surface area (Å²) in [6.07, 6.45) is 1.36. The van der Waals surface area contributed by atoms with Gasteiger partial charge in [-0.15, -0.1) is 0 Å². The number of ether oxygens (including phenoxy) is 1. The molecule has 0 aliphatic carbocycles. The summed E-state index contributed by atoms with van der Waals surface area (Å²) in [7, 11) is -3.66. The summed E-state index contributed by atoms with van der Waals surface area (Å²) in [6, 6.07) is 22.6. The number of hydrogen-bond acceptors (Lipinski definition) is 5. The molecule has 0 aromatic heterocycles. The number of rotatable bonds is 12. The molecule has 32 heavy (non-hydrogen) atoms. The van der Waals surface area contributed by atoms with E-state index < -0.39 is 19.3 Å². The molecule has 1 N–H and O–H groups in total. The van der Waals surface area contributed by atoms with E-state index in [1.807, 2.05) is 74.5 Å². The third kappa shape index (κ3) is 6.19. The van der Waals surface area contributed by atoms with E-state index in [2.05, 4.69) is 5.32 Å². The lowest BCUT2D eigenvalue weighted by atomic mass is 10.1. The van der Waals surface area contributed by atoms with Crippen LogP contribution in [-0.2, 0) is 18.4 Å².